The number of benzene rings is 1. The molecule has 2 saturated carbocycles. The molecule has 2 N–H and O–H groups in total. The maximum Gasteiger partial charge on any atom is 0.407 e. The second kappa shape index (κ2) is 5.76. The molecule has 0 aromatic heterocycles. The molecule has 3 rings (SSSR count). The number of rotatable bonds is 4. The molecule has 0 spiro atoms. The van der Waals surface area contributed by atoms with Crippen LogP contribution in [0.5, 0.6) is 0 Å². The van der Waals surface area contributed by atoms with Gasteiger partial charge in [0, 0.05) is 6.04 Å². The minimum Gasteiger partial charge on any atom is -0.481 e. The fourth-order valence-corrected chi connectivity index (χ4v) is 3.67. The lowest BCUT2D eigenvalue weighted by molar-refractivity contribution is -0.143. The zero-order valence-corrected chi connectivity index (χ0v) is 11.7. The Balaban J connectivity index is 1.46. The first kappa shape index (κ1) is 13.9. The molecule has 21 heavy (non-hydrogen) atoms. The number of hydrogen-bond acceptors (Lipinski definition) is 3. The summed E-state index contributed by atoms with van der Waals surface area (Å²) >= 11 is 0. The Bertz CT molecular complexity index is 530. The highest BCUT2D eigenvalue weighted by Crippen LogP contribution is 2.48. The standard InChI is InChI=1S/C16H19NO4/c18-15(19)13-7-12-6-11(13)8-14(12)17-16(20)21-9-10-4-2-1-3-5-10/h1-5,11-14H,6-9H2,(H,17,20)(H,18,19)/t11-,12-,13+,14+/m0/s1. The van der Waals surface area contributed by atoms with Crippen molar-refractivity contribution in [3.63, 3.8) is 0 Å². The second-order valence-electron chi connectivity index (χ2n) is 5.98. The highest BCUT2D eigenvalue weighted by atomic mass is 16.5. The van der Waals surface area contributed by atoms with Crippen LogP contribution in [0, 0.1) is 17.8 Å². The van der Waals surface area contributed by atoms with E-state index in [0.717, 1.165) is 18.4 Å². The Kier molecular flexibility index (Phi) is 3.82. The van der Waals surface area contributed by atoms with Crippen molar-refractivity contribution in [2.45, 2.75) is 31.9 Å². The van der Waals surface area contributed by atoms with Gasteiger partial charge in [-0.05, 0) is 36.7 Å². The Hall–Kier alpha value is -2.04. The smallest absolute Gasteiger partial charge is 0.407 e. The normalized spacial score (nSPS) is 30.1. The number of carbonyl (C=O) groups is 2. The van der Waals surface area contributed by atoms with E-state index in [1.54, 1.807) is 0 Å². The van der Waals surface area contributed by atoms with Gasteiger partial charge in [0.1, 0.15) is 6.61 Å². The number of carboxylic acid groups (broad SMARTS) is 1. The van der Waals surface area contributed by atoms with Gasteiger partial charge in [0.25, 0.3) is 0 Å². The summed E-state index contributed by atoms with van der Waals surface area (Å²) in [6, 6.07) is 9.59. The van der Waals surface area contributed by atoms with Crippen molar-refractivity contribution < 1.29 is 19.4 Å². The zero-order chi connectivity index (χ0) is 14.8. The molecule has 4 atom stereocenters. The maximum atomic E-state index is 11.8. The molecule has 1 aromatic rings. The van der Waals surface area contributed by atoms with Crippen LogP contribution < -0.4 is 5.32 Å². The topological polar surface area (TPSA) is 75.6 Å². The predicted molar refractivity (Wildman–Crippen MR) is 75.5 cm³/mol. The van der Waals surface area contributed by atoms with Crippen molar-refractivity contribution >= 4 is 12.1 Å². The first-order valence-electron chi connectivity index (χ1n) is 7.33. The molecule has 1 aromatic carbocycles. The molecule has 0 heterocycles. The van der Waals surface area contributed by atoms with E-state index in [4.69, 9.17) is 9.84 Å². The molecule has 2 fully saturated rings. The highest BCUT2D eigenvalue weighted by molar-refractivity contribution is 5.71. The van der Waals surface area contributed by atoms with Gasteiger partial charge in [-0.2, -0.15) is 0 Å². The lowest BCUT2D eigenvalue weighted by atomic mass is 9.86. The van der Waals surface area contributed by atoms with Crippen LogP contribution in [-0.4, -0.2) is 23.2 Å². The highest BCUT2D eigenvalue weighted by Gasteiger charge is 2.49. The summed E-state index contributed by atoms with van der Waals surface area (Å²) in [6.45, 7) is 0.255. The molecule has 0 radical (unpaired) electrons. The van der Waals surface area contributed by atoms with E-state index < -0.39 is 12.1 Å². The molecule has 2 aliphatic rings. The summed E-state index contributed by atoms with van der Waals surface area (Å²) in [6.07, 6.45) is 1.91. The molecule has 1 amide bonds. The fraction of sp³-hybridized carbons (Fsp3) is 0.500. The van der Waals surface area contributed by atoms with Gasteiger partial charge in [-0.15, -0.1) is 0 Å². The number of amides is 1. The summed E-state index contributed by atoms with van der Waals surface area (Å²) < 4.78 is 5.21. The number of nitrogens with one attached hydrogen (secondary N) is 1. The third-order valence-corrected chi connectivity index (χ3v) is 4.69. The van der Waals surface area contributed by atoms with Crippen LogP contribution >= 0.6 is 0 Å². The Morgan fingerprint density at radius 1 is 1.14 bits per heavy atom. The molecular formula is C16H19NO4. The number of carboxylic acids is 1. The van der Waals surface area contributed by atoms with Gasteiger partial charge in [-0.3, -0.25) is 4.79 Å². The van der Waals surface area contributed by atoms with Crippen molar-refractivity contribution in [1.29, 1.82) is 0 Å². The number of aliphatic carboxylic acids is 1. The third-order valence-electron chi connectivity index (χ3n) is 4.69. The van der Waals surface area contributed by atoms with E-state index in [2.05, 4.69) is 5.32 Å². The van der Waals surface area contributed by atoms with Gasteiger partial charge in [-0.25, -0.2) is 4.79 Å². The molecule has 0 saturated heterocycles. The third kappa shape index (κ3) is 3.01. The Morgan fingerprint density at radius 3 is 2.52 bits per heavy atom. The number of carbonyl (C=O) groups excluding carboxylic acids is 1. The molecular weight excluding hydrogens is 270 g/mol. The molecule has 2 bridgehead atoms. The van der Waals surface area contributed by atoms with Crippen LogP contribution in [0.4, 0.5) is 4.79 Å². The largest absolute Gasteiger partial charge is 0.481 e. The maximum absolute atomic E-state index is 11.8. The van der Waals surface area contributed by atoms with E-state index in [0.29, 0.717) is 6.42 Å². The zero-order valence-electron chi connectivity index (χ0n) is 11.7. The van der Waals surface area contributed by atoms with Gasteiger partial charge in [0.2, 0.25) is 0 Å². The van der Waals surface area contributed by atoms with Gasteiger partial charge in [-0.1, -0.05) is 30.3 Å². The number of ether oxygens (including phenoxy) is 1. The Labute approximate surface area is 123 Å². The second-order valence-corrected chi connectivity index (χ2v) is 5.98. The van der Waals surface area contributed by atoms with Crippen LogP contribution in [0.3, 0.4) is 0 Å². The van der Waals surface area contributed by atoms with Crippen molar-refractivity contribution in [1.82, 2.24) is 5.32 Å². The number of fused-ring (bicyclic) bond motifs is 2. The monoisotopic (exact) mass is 289 g/mol. The van der Waals surface area contributed by atoms with Crippen LogP contribution in [0.2, 0.25) is 0 Å². The SMILES string of the molecule is O=C(N[C@@H]1C[C@@H]2C[C@H]1C[C@H]2C(=O)O)OCc1ccccc1. The summed E-state index contributed by atoms with van der Waals surface area (Å²) in [5.41, 5.74) is 0.950. The van der Waals surface area contributed by atoms with Gasteiger partial charge in [0.15, 0.2) is 0 Å². The van der Waals surface area contributed by atoms with Crippen molar-refractivity contribution in [2.75, 3.05) is 0 Å². The van der Waals surface area contributed by atoms with Gasteiger partial charge in [0.05, 0.1) is 5.92 Å². The average Bonchev–Trinajstić information content (AvgIpc) is 3.06. The lowest BCUT2D eigenvalue weighted by Crippen LogP contribution is -2.41. The van der Waals surface area contributed by atoms with Crippen LogP contribution in [0.1, 0.15) is 24.8 Å². The van der Waals surface area contributed by atoms with Crippen molar-refractivity contribution in [3.05, 3.63) is 35.9 Å². The van der Waals surface area contributed by atoms with E-state index in [1.165, 1.54) is 0 Å². The quantitative estimate of drug-likeness (QED) is 0.892. The first-order chi connectivity index (χ1) is 10.1. The summed E-state index contributed by atoms with van der Waals surface area (Å²) in [5.74, 6) is -0.451. The minimum atomic E-state index is -0.701. The van der Waals surface area contributed by atoms with Crippen molar-refractivity contribution in [3.8, 4) is 0 Å². The minimum absolute atomic E-state index is 0.0638. The summed E-state index contributed by atoms with van der Waals surface area (Å²) in [7, 11) is 0. The molecule has 0 aliphatic heterocycles. The average molecular weight is 289 g/mol. The molecule has 5 heteroatoms. The predicted octanol–water partition coefficient (Wildman–Crippen LogP) is 2.41. The van der Waals surface area contributed by atoms with E-state index in [-0.39, 0.29) is 30.4 Å². The number of hydrogen-bond donors (Lipinski definition) is 2. The van der Waals surface area contributed by atoms with Crippen molar-refractivity contribution in [2.24, 2.45) is 17.8 Å². The van der Waals surface area contributed by atoms with Crippen LogP contribution in [0.15, 0.2) is 30.3 Å². The molecule has 2 aliphatic carbocycles. The molecule has 5 nitrogen and oxygen atoms in total. The lowest BCUT2D eigenvalue weighted by Gasteiger charge is -2.26. The number of alkyl carbamates (subject to hydrolysis) is 1. The fourth-order valence-electron chi connectivity index (χ4n) is 3.67. The van der Waals surface area contributed by atoms with E-state index in [9.17, 15) is 9.59 Å². The Morgan fingerprint density at radius 2 is 1.90 bits per heavy atom. The summed E-state index contributed by atoms with van der Waals surface area (Å²) in [5, 5.41) is 12.0. The van der Waals surface area contributed by atoms with E-state index >= 15 is 0 Å². The van der Waals surface area contributed by atoms with Crippen LogP contribution in [0.25, 0.3) is 0 Å². The summed E-state index contributed by atoms with van der Waals surface area (Å²) in [4.78, 5) is 22.9. The van der Waals surface area contributed by atoms with E-state index in [1.807, 2.05) is 30.3 Å². The molecule has 0 unspecified atom stereocenters. The van der Waals surface area contributed by atoms with Gasteiger partial charge < -0.3 is 15.2 Å². The first-order valence-corrected chi connectivity index (χ1v) is 7.33. The van der Waals surface area contributed by atoms with Crippen LogP contribution in [-0.2, 0) is 16.1 Å². The van der Waals surface area contributed by atoms with Gasteiger partial charge >= 0.3 is 12.1 Å². The molecule has 112 valence electrons.